The van der Waals surface area contributed by atoms with Gasteiger partial charge in [0.05, 0.1) is 4.91 Å². The number of rotatable bonds is 6. The van der Waals surface area contributed by atoms with Crippen molar-refractivity contribution in [3.63, 3.8) is 0 Å². The SMILES string of the molecule is C[C@@](O)(c1ccc(N2CCN(S(=O)(=O)C3=CC=CCC3=S)C[C@@H]2Cc2ccccc2)cc1)C(F)(F)F. The van der Waals surface area contributed by atoms with Crippen molar-refractivity contribution in [1.29, 1.82) is 0 Å². The molecule has 5 nitrogen and oxygen atoms in total. The lowest BCUT2D eigenvalue weighted by Crippen LogP contribution is -2.56. The highest BCUT2D eigenvalue weighted by Crippen LogP contribution is 2.39. The number of anilines is 1. The predicted molar refractivity (Wildman–Crippen MR) is 138 cm³/mol. The molecule has 10 heteroatoms. The Balaban J connectivity index is 1.63. The maximum absolute atomic E-state index is 13.4. The maximum atomic E-state index is 13.4. The first-order valence-corrected chi connectivity index (χ1v) is 13.4. The quantitative estimate of drug-likeness (QED) is 0.541. The molecule has 1 N–H and O–H groups in total. The molecule has 1 fully saturated rings. The van der Waals surface area contributed by atoms with Gasteiger partial charge in [0.15, 0.2) is 5.60 Å². The third-order valence-corrected chi connectivity index (χ3v) is 9.12. The van der Waals surface area contributed by atoms with Gasteiger partial charge in [0.2, 0.25) is 10.0 Å². The molecule has 2 aliphatic rings. The fourth-order valence-corrected chi connectivity index (χ4v) is 6.55. The number of thiocarbonyl (C=S) groups is 1. The Kier molecular flexibility index (Phi) is 7.43. The van der Waals surface area contributed by atoms with Crippen molar-refractivity contribution in [1.82, 2.24) is 4.31 Å². The van der Waals surface area contributed by atoms with Gasteiger partial charge in [-0.05, 0) is 42.7 Å². The van der Waals surface area contributed by atoms with Crippen LogP contribution >= 0.6 is 12.2 Å². The molecule has 1 heterocycles. The zero-order chi connectivity index (χ0) is 26.1. The van der Waals surface area contributed by atoms with Crippen molar-refractivity contribution >= 4 is 32.8 Å². The van der Waals surface area contributed by atoms with E-state index in [0.717, 1.165) is 12.5 Å². The molecule has 0 aromatic heterocycles. The van der Waals surface area contributed by atoms with Crippen LogP contribution < -0.4 is 4.90 Å². The van der Waals surface area contributed by atoms with Crippen LogP contribution in [0.2, 0.25) is 0 Å². The summed E-state index contributed by atoms with van der Waals surface area (Å²) in [5.41, 5.74) is -1.56. The van der Waals surface area contributed by atoms with E-state index in [1.165, 1.54) is 22.5 Å². The van der Waals surface area contributed by atoms with E-state index in [1.807, 2.05) is 41.3 Å². The molecule has 0 saturated carbocycles. The molecule has 0 radical (unpaired) electrons. The van der Waals surface area contributed by atoms with Crippen LogP contribution in [0.4, 0.5) is 18.9 Å². The van der Waals surface area contributed by atoms with E-state index in [0.29, 0.717) is 29.9 Å². The summed E-state index contributed by atoms with van der Waals surface area (Å²) in [4.78, 5) is 2.54. The number of nitrogens with zero attached hydrogens (tertiary/aromatic N) is 2. The number of hydrogen-bond donors (Lipinski definition) is 1. The molecule has 2 aromatic rings. The minimum absolute atomic E-state index is 0.144. The molecule has 2 atom stereocenters. The molecule has 1 aliphatic heterocycles. The van der Waals surface area contributed by atoms with Crippen LogP contribution in [-0.2, 0) is 22.0 Å². The lowest BCUT2D eigenvalue weighted by atomic mass is 9.94. The fourth-order valence-electron chi connectivity index (χ4n) is 4.48. The van der Waals surface area contributed by atoms with E-state index < -0.39 is 21.8 Å². The van der Waals surface area contributed by atoms with Crippen LogP contribution in [0.3, 0.4) is 0 Å². The van der Waals surface area contributed by atoms with E-state index in [9.17, 15) is 26.7 Å². The van der Waals surface area contributed by atoms with E-state index in [1.54, 1.807) is 18.2 Å². The smallest absolute Gasteiger partial charge is 0.376 e. The Hall–Kier alpha value is -2.53. The molecule has 0 spiro atoms. The number of aliphatic hydroxyl groups is 1. The van der Waals surface area contributed by atoms with Gasteiger partial charge < -0.3 is 10.0 Å². The summed E-state index contributed by atoms with van der Waals surface area (Å²) in [6.45, 7) is 1.48. The van der Waals surface area contributed by atoms with Gasteiger partial charge in [-0.3, -0.25) is 0 Å². The largest absolute Gasteiger partial charge is 0.421 e. The van der Waals surface area contributed by atoms with Gasteiger partial charge >= 0.3 is 6.18 Å². The molecule has 192 valence electrons. The number of benzene rings is 2. The van der Waals surface area contributed by atoms with Crippen molar-refractivity contribution in [3.8, 4) is 0 Å². The Morgan fingerprint density at radius 2 is 1.72 bits per heavy atom. The Morgan fingerprint density at radius 3 is 2.33 bits per heavy atom. The summed E-state index contributed by atoms with van der Waals surface area (Å²) >= 11 is 5.31. The molecule has 1 saturated heterocycles. The number of hydrogen-bond acceptors (Lipinski definition) is 5. The first-order chi connectivity index (χ1) is 16.9. The molecular formula is C26H27F3N2O3S2. The topological polar surface area (TPSA) is 60.9 Å². The summed E-state index contributed by atoms with van der Waals surface area (Å²) < 4.78 is 68.1. The maximum Gasteiger partial charge on any atom is 0.421 e. The lowest BCUT2D eigenvalue weighted by molar-refractivity contribution is -0.258. The Bertz CT molecular complexity index is 1270. The highest BCUT2D eigenvalue weighted by molar-refractivity contribution is 7.96. The van der Waals surface area contributed by atoms with Gasteiger partial charge in [0.25, 0.3) is 0 Å². The van der Waals surface area contributed by atoms with Crippen LogP contribution in [0.25, 0.3) is 0 Å². The van der Waals surface area contributed by atoms with Crippen molar-refractivity contribution in [3.05, 3.63) is 88.9 Å². The van der Waals surface area contributed by atoms with Crippen LogP contribution in [-0.4, -0.2) is 54.5 Å². The molecule has 0 bridgehead atoms. The van der Waals surface area contributed by atoms with E-state index >= 15 is 0 Å². The molecule has 0 amide bonds. The number of halogens is 3. The molecule has 2 aromatic carbocycles. The number of allylic oxidation sites excluding steroid dienone is 4. The van der Waals surface area contributed by atoms with Crippen molar-refractivity contribution in [2.75, 3.05) is 24.5 Å². The second-order valence-corrected chi connectivity index (χ2v) is 11.5. The van der Waals surface area contributed by atoms with Crippen LogP contribution in [0.15, 0.2) is 77.7 Å². The lowest BCUT2D eigenvalue weighted by Gasteiger charge is -2.43. The van der Waals surface area contributed by atoms with Crippen molar-refractivity contribution < 1.29 is 26.7 Å². The Morgan fingerprint density at radius 1 is 1.06 bits per heavy atom. The van der Waals surface area contributed by atoms with Crippen LogP contribution in [0, 0.1) is 0 Å². The van der Waals surface area contributed by atoms with Gasteiger partial charge in [0.1, 0.15) is 0 Å². The molecule has 1 aliphatic carbocycles. The highest BCUT2D eigenvalue weighted by atomic mass is 32.2. The zero-order valence-electron chi connectivity index (χ0n) is 19.6. The molecule has 4 rings (SSSR count). The zero-order valence-corrected chi connectivity index (χ0v) is 21.3. The summed E-state index contributed by atoms with van der Waals surface area (Å²) in [5, 5.41) is 10.0. The molecule has 36 heavy (non-hydrogen) atoms. The van der Waals surface area contributed by atoms with E-state index in [2.05, 4.69) is 0 Å². The minimum atomic E-state index is -4.81. The van der Waals surface area contributed by atoms with Gasteiger partial charge in [0, 0.05) is 42.6 Å². The Labute approximate surface area is 214 Å². The second kappa shape index (κ2) is 10.1. The van der Waals surface area contributed by atoms with Gasteiger partial charge in [-0.15, -0.1) is 0 Å². The average Bonchev–Trinajstić information content (AvgIpc) is 2.84. The number of piperazine rings is 1. The van der Waals surface area contributed by atoms with Crippen LogP contribution in [0.1, 0.15) is 24.5 Å². The number of sulfonamides is 1. The fraction of sp³-hybridized carbons (Fsp3) is 0.346. The first kappa shape index (κ1) is 26.5. The summed E-state index contributed by atoms with van der Waals surface area (Å²) in [7, 11) is -3.79. The van der Waals surface area contributed by atoms with Crippen molar-refractivity contribution in [2.45, 2.75) is 37.6 Å². The average molecular weight is 537 g/mol. The number of alkyl halides is 3. The third-order valence-electron chi connectivity index (χ3n) is 6.65. The van der Waals surface area contributed by atoms with Gasteiger partial charge in [-0.1, -0.05) is 66.8 Å². The first-order valence-electron chi connectivity index (χ1n) is 11.5. The third kappa shape index (κ3) is 5.27. The normalized spacial score (nSPS) is 21.2. The standard InChI is InChI=1S/C26H27F3N2O3S2/c1-25(32,26(27,28)29)20-11-13-21(14-12-20)31-16-15-30(18-22(31)17-19-7-3-2-4-8-19)36(33,34)24-10-6-5-9-23(24)35/h2-8,10-14,22,32H,9,15-18H2,1H3/t22-,25+/m0/s1. The summed E-state index contributed by atoms with van der Waals surface area (Å²) in [6.07, 6.45) is 1.17. The highest BCUT2D eigenvalue weighted by Gasteiger charge is 2.51. The van der Waals surface area contributed by atoms with Crippen molar-refractivity contribution in [2.24, 2.45) is 0 Å². The monoisotopic (exact) mass is 536 g/mol. The van der Waals surface area contributed by atoms with E-state index in [4.69, 9.17) is 12.2 Å². The van der Waals surface area contributed by atoms with Gasteiger partial charge in [-0.25, -0.2) is 8.42 Å². The molecular weight excluding hydrogens is 509 g/mol. The molecule has 0 unspecified atom stereocenters. The van der Waals surface area contributed by atoms with Gasteiger partial charge in [-0.2, -0.15) is 17.5 Å². The predicted octanol–water partition coefficient (Wildman–Crippen LogP) is 4.73. The summed E-state index contributed by atoms with van der Waals surface area (Å²) in [5.74, 6) is 0. The second-order valence-electron chi connectivity index (χ2n) is 9.10. The minimum Gasteiger partial charge on any atom is -0.376 e. The summed E-state index contributed by atoms with van der Waals surface area (Å²) in [6, 6.07) is 15.0. The van der Waals surface area contributed by atoms with Crippen LogP contribution in [0.5, 0.6) is 0 Å². The van der Waals surface area contributed by atoms with E-state index in [-0.39, 0.29) is 29.6 Å².